The van der Waals surface area contributed by atoms with E-state index in [1.54, 1.807) is 7.11 Å². The molecule has 0 aromatic heterocycles. The molecule has 0 rings (SSSR count). The molecular weight excluding hydrogens is 206 g/mol. The molecule has 0 radical (unpaired) electrons. The molecule has 0 aromatic rings. The van der Waals surface area contributed by atoms with Crippen LogP contribution in [0.3, 0.4) is 0 Å². The molecule has 0 spiro atoms. The summed E-state index contributed by atoms with van der Waals surface area (Å²) in [5.41, 5.74) is 0. The molecular formula is C12H27NOS. The van der Waals surface area contributed by atoms with E-state index in [-0.39, 0.29) is 0 Å². The van der Waals surface area contributed by atoms with Crippen molar-refractivity contribution in [1.29, 1.82) is 0 Å². The molecule has 3 heteroatoms. The van der Waals surface area contributed by atoms with Crippen molar-refractivity contribution < 1.29 is 4.74 Å². The van der Waals surface area contributed by atoms with Crippen LogP contribution < -0.4 is 5.32 Å². The van der Waals surface area contributed by atoms with Gasteiger partial charge in [-0.3, -0.25) is 0 Å². The van der Waals surface area contributed by atoms with E-state index in [1.165, 1.54) is 6.42 Å². The van der Waals surface area contributed by atoms with E-state index >= 15 is 0 Å². The molecule has 0 bridgehead atoms. The van der Waals surface area contributed by atoms with Gasteiger partial charge in [-0.15, -0.1) is 0 Å². The highest BCUT2D eigenvalue weighted by Crippen LogP contribution is 2.10. The molecule has 0 heterocycles. The molecule has 0 aromatic carbocycles. The summed E-state index contributed by atoms with van der Waals surface area (Å²) in [6.07, 6.45) is 4.54. The number of thioether (sulfide) groups is 1. The third-order valence-corrected chi connectivity index (χ3v) is 3.84. The van der Waals surface area contributed by atoms with Crippen LogP contribution in [0.4, 0.5) is 0 Å². The number of hydrogen-bond donors (Lipinski definition) is 1. The van der Waals surface area contributed by atoms with Crippen LogP contribution in [-0.4, -0.2) is 37.8 Å². The highest BCUT2D eigenvalue weighted by molar-refractivity contribution is 7.99. The summed E-state index contributed by atoms with van der Waals surface area (Å²) in [6, 6.07) is 0.596. The Labute approximate surface area is 99.5 Å². The monoisotopic (exact) mass is 233 g/mol. The van der Waals surface area contributed by atoms with Gasteiger partial charge >= 0.3 is 0 Å². The van der Waals surface area contributed by atoms with Crippen molar-refractivity contribution in [2.45, 2.75) is 44.9 Å². The lowest BCUT2D eigenvalue weighted by Gasteiger charge is -2.22. The summed E-state index contributed by atoms with van der Waals surface area (Å²) in [7, 11) is 1.77. The average molecular weight is 233 g/mol. The lowest BCUT2D eigenvalue weighted by molar-refractivity contribution is 0.173. The Morgan fingerprint density at radius 1 is 1.20 bits per heavy atom. The van der Waals surface area contributed by atoms with Crippen molar-refractivity contribution in [2.75, 3.05) is 26.5 Å². The van der Waals surface area contributed by atoms with Gasteiger partial charge in [-0.1, -0.05) is 20.8 Å². The fraction of sp³-hybridized carbons (Fsp3) is 1.00. The number of hydrogen-bond acceptors (Lipinski definition) is 3. The summed E-state index contributed by atoms with van der Waals surface area (Å²) in [5.74, 6) is 0.685. The molecule has 0 aliphatic rings. The van der Waals surface area contributed by atoms with Gasteiger partial charge in [0.1, 0.15) is 0 Å². The Kier molecular flexibility index (Phi) is 9.66. The van der Waals surface area contributed by atoms with Crippen LogP contribution in [0.1, 0.15) is 33.6 Å². The molecule has 0 aliphatic carbocycles. The van der Waals surface area contributed by atoms with Crippen LogP contribution in [0, 0.1) is 5.92 Å². The lowest BCUT2D eigenvalue weighted by atomic mass is 10.0. The molecule has 2 atom stereocenters. The fourth-order valence-corrected chi connectivity index (χ4v) is 1.86. The van der Waals surface area contributed by atoms with E-state index in [1.807, 2.05) is 11.8 Å². The van der Waals surface area contributed by atoms with Crippen LogP contribution in [-0.2, 0) is 4.74 Å². The summed E-state index contributed by atoms with van der Waals surface area (Å²) < 4.78 is 5.13. The first-order valence-corrected chi connectivity index (χ1v) is 7.15. The van der Waals surface area contributed by atoms with Gasteiger partial charge in [0.15, 0.2) is 0 Å². The van der Waals surface area contributed by atoms with Crippen LogP contribution in [0.25, 0.3) is 0 Å². The molecule has 2 unspecified atom stereocenters. The van der Waals surface area contributed by atoms with Crippen molar-refractivity contribution >= 4 is 11.8 Å². The third-order valence-electron chi connectivity index (χ3n) is 2.80. The molecule has 0 saturated heterocycles. The van der Waals surface area contributed by atoms with Crippen molar-refractivity contribution in [2.24, 2.45) is 5.92 Å². The zero-order valence-corrected chi connectivity index (χ0v) is 11.7. The zero-order chi connectivity index (χ0) is 11.7. The molecule has 0 saturated carbocycles. The largest absolute Gasteiger partial charge is 0.385 e. The standard InChI is InChI=1S/C12H27NOS/c1-10(2)12(7-9-14-4)13-8-6-11(3)15-5/h10-13H,6-9H2,1-5H3. The minimum atomic E-state index is 0.596. The predicted molar refractivity (Wildman–Crippen MR) is 70.7 cm³/mol. The van der Waals surface area contributed by atoms with Gasteiger partial charge in [-0.25, -0.2) is 0 Å². The normalized spacial score (nSPS) is 15.6. The summed E-state index contributed by atoms with van der Waals surface area (Å²) in [4.78, 5) is 0. The quantitative estimate of drug-likeness (QED) is 0.662. The summed E-state index contributed by atoms with van der Waals surface area (Å²) in [5, 5.41) is 4.38. The maximum absolute atomic E-state index is 5.13. The van der Waals surface area contributed by atoms with Crippen molar-refractivity contribution in [3.63, 3.8) is 0 Å². The maximum atomic E-state index is 5.13. The smallest absolute Gasteiger partial charge is 0.0477 e. The Morgan fingerprint density at radius 2 is 1.87 bits per heavy atom. The molecule has 1 N–H and O–H groups in total. The van der Waals surface area contributed by atoms with Crippen LogP contribution in [0.2, 0.25) is 0 Å². The maximum Gasteiger partial charge on any atom is 0.0477 e. The van der Waals surface area contributed by atoms with Gasteiger partial charge in [0.25, 0.3) is 0 Å². The average Bonchev–Trinajstić information content (AvgIpc) is 2.22. The van der Waals surface area contributed by atoms with E-state index in [0.29, 0.717) is 12.0 Å². The van der Waals surface area contributed by atoms with E-state index in [9.17, 15) is 0 Å². The van der Waals surface area contributed by atoms with Gasteiger partial charge in [0.05, 0.1) is 0 Å². The molecule has 0 aliphatic heterocycles. The third kappa shape index (κ3) is 8.12. The number of methoxy groups -OCH3 is 1. The Morgan fingerprint density at radius 3 is 2.33 bits per heavy atom. The SMILES string of the molecule is COCCC(NCCC(C)SC)C(C)C. The molecule has 0 fully saturated rings. The highest BCUT2D eigenvalue weighted by Gasteiger charge is 2.12. The van der Waals surface area contributed by atoms with Gasteiger partial charge in [0, 0.05) is 25.0 Å². The number of nitrogens with one attached hydrogen (secondary N) is 1. The van der Waals surface area contributed by atoms with Gasteiger partial charge in [-0.2, -0.15) is 11.8 Å². The molecule has 15 heavy (non-hydrogen) atoms. The second-order valence-electron chi connectivity index (χ2n) is 4.42. The minimum absolute atomic E-state index is 0.596. The van der Waals surface area contributed by atoms with Gasteiger partial charge < -0.3 is 10.1 Å². The van der Waals surface area contributed by atoms with Gasteiger partial charge in [0.2, 0.25) is 0 Å². The Hall–Kier alpha value is 0.270. The van der Waals surface area contributed by atoms with E-state index in [4.69, 9.17) is 4.74 Å². The van der Waals surface area contributed by atoms with Crippen LogP contribution >= 0.6 is 11.8 Å². The predicted octanol–water partition coefficient (Wildman–Crippen LogP) is 2.78. The van der Waals surface area contributed by atoms with E-state index in [0.717, 1.165) is 24.8 Å². The van der Waals surface area contributed by atoms with Crippen LogP contribution in [0.15, 0.2) is 0 Å². The van der Waals surface area contributed by atoms with Crippen LogP contribution in [0.5, 0.6) is 0 Å². The first-order valence-electron chi connectivity index (χ1n) is 5.86. The fourth-order valence-electron chi connectivity index (χ4n) is 1.51. The first kappa shape index (κ1) is 15.3. The second kappa shape index (κ2) is 9.49. The summed E-state index contributed by atoms with van der Waals surface area (Å²) in [6.45, 7) is 8.80. The van der Waals surface area contributed by atoms with Gasteiger partial charge in [-0.05, 0) is 31.6 Å². The molecule has 0 amide bonds. The lowest BCUT2D eigenvalue weighted by Crippen LogP contribution is -2.36. The number of ether oxygens (including phenoxy) is 1. The first-order chi connectivity index (χ1) is 7.11. The van der Waals surface area contributed by atoms with Crippen molar-refractivity contribution in [3.05, 3.63) is 0 Å². The topological polar surface area (TPSA) is 21.3 Å². The van der Waals surface area contributed by atoms with Crippen molar-refractivity contribution in [1.82, 2.24) is 5.32 Å². The van der Waals surface area contributed by atoms with Crippen molar-refractivity contribution in [3.8, 4) is 0 Å². The zero-order valence-electron chi connectivity index (χ0n) is 10.9. The highest BCUT2D eigenvalue weighted by atomic mass is 32.2. The Balaban J connectivity index is 3.66. The molecule has 2 nitrogen and oxygen atoms in total. The second-order valence-corrected chi connectivity index (χ2v) is 5.70. The molecule has 92 valence electrons. The van der Waals surface area contributed by atoms with E-state index < -0.39 is 0 Å². The summed E-state index contributed by atoms with van der Waals surface area (Å²) >= 11 is 1.94. The Bertz CT molecular complexity index is 142. The van der Waals surface area contributed by atoms with E-state index in [2.05, 4.69) is 32.3 Å². The minimum Gasteiger partial charge on any atom is -0.385 e. The number of rotatable bonds is 9.